The van der Waals surface area contributed by atoms with Crippen molar-refractivity contribution in [3.63, 3.8) is 0 Å². The van der Waals surface area contributed by atoms with Crippen LogP contribution in [0.3, 0.4) is 0 Å². The quantitative estimate of drug-likeness (QED) is 0.684. The molecule has 1 aromatic carbocycles. The summed E-state index contributed by atoms with van der Waals surface area (Å²) in [5.74, 6) is 2.28. The van der Waals surface area contributed by atoms with Crippen molar-refractivity contribution in [3.8, 4) is 11.5 Å². The fraction of sp³-hybridized carbons (Fsp3) is 0.350. The number of carbonyl (C=O) groups is 1. The number of hydrogen-bond acceptors (Lipinski definition) is 6. The number of rotatable bonds is 4. The van der Waals surface area contributed by atoms with Crippen molar-refractivity contribution in [2.75, 3.05) is 13.8 Å². The van der Waals surface area contributed by atoms with E-state index in [1.807, 2.05) is 46.0 Å². The Morgan fingerprint density at radius 2 is 2.00 bits per heavy atom. The van der Waals surface area contributed by atoms with Gasteiger partial charge in [0.15, 0.2) is 11.5 Å². The number of ether oxygens (including phenoxy) is 2. The van der Waals surface area contributed by atoms with Crippen LogP contribution in [0.2, 0.25) is 0 Å². The average Bonchev–Trinajstić information content (AvgIpc) is 3.25. The zero-order valence-corrected chi connectivity index (χ0v) is 16.6. The summed E-state index contributed by atoms with van der Waals surface area (Å²) < 4.78 is 10.8. The zero-order chi connectivity index (χ0) is 19.1. The summed E-state index contributed by atoms with van der Waals surface area (Å²) in [5, 5.41) is 0.997. The van der Waals surface area contributed by atoms with Gasteiger partial charge in [-0.05, 0) is 37.1 Å². The van der Waals surface area contributed by atoms with Gasteiger partial charge in [-0.25, -0.2) is 9.97 Å². The van der Waals surface area contributed by atoms with E-state index < -0.39 is 0 Å². The molecule has 0 aliphatic carbocycles. The van der Waals surface area contributed by atoms with Crippen LogP contribution in [0, 0.1) is 13.8 Å². The third-order valence-corrected chi connectivity index (χ3v) is 5.90. The fourth-order valence-electron chi connectivity index (χ4n) is 3.32. The van der Waals surface area contributed by atoms with E-state index >= 15 is 0 Å². The van der Waals surface area contributed by atoms with E-state index in [-0.39, 0.29) is 12.7 Å². The van der Waals surface area contributed by atoms with Gasteiger partial charge in [0.2, 0.25) is 6.79 Å². The zero-order valence-electron chi connectivity index (χ0n) is 15.8. The number of carbonyl (C=O) groups excluding carboxylic acids is 1. The lowest BCUT2D eigenvalue weighted by atomic mass is 10.1. The highest BCUT2D eigenvalue weighted by Gasteiger charge is 2.22. The lowest BCUT2D eigenvalue weighted by Gasteiger charge is -2.17. The molecule has 0 fully saturated rings. The summed E-state index contributed by atoms with van der Waals surface area (Å²) in [7, 11) is 1.81. The number of fused-ring (bicyclic) bond motifs is 2. The normalized spacial score (nSPS) is 12.6. The first-order valence-electron chi connectivity index (χ1n) is 8.88. The van der Waals surface area contributed by atoms with Crippen LogP contribution in [0.25, 0.3) is 10.2 Å². The Morgan fingerprint density at radius 3 is 2.78 bits per heavy atom. The van der Waals surface area contributed by atoms with Gasteiger partial charge >= 0.3 is 0 Å². The largest absolute Gasteiger partial charge is 0.454 e. The molecule has 0 saturated carbocycles. The lowest BCUT2D eigenvalue weighted by Crippen LogP contribution is -2.25. The fourth-order valence-corrected chi connectivity index (χ4v) is 4.56. The molecule has 140 valence electrons. The molecule has 27 heavy (non-hydrogen) atoms. The molecular formula is C20H21N3O3S. The standard InChI is InChI=1S/C20H21N3O3S/c1-5-16-21-12(3)17-11(2)18(27-19(17)22-16)20(24)23(4)9-13-6-7-14-15(8-13)26-10-25-14/h6-8H,5,9-10H2,1-4H3. The molecule has 1 aliphatic rings. The smallest absolute Gasteiger partial charge is 0.264 e. The van der Waals surface area contributed by atoms with Gasteiger partial charge < -0.3 is 14.4 Å². The highest BCUT2D eigenvalue weighted by atomic mass is 32.1. The molecular weight excluding hydrogens is 362 g/mol. The number of aromatic nitrogens is 2. The maximum Gasteiger partial charge on any atom is 0.264 e. The van der Waals surface area contributed by atoms with Crippen molar-refractivity contribution in [3.05, 3.63) is 45.7 Å². The van der Waals surface area contributed by atoms with Crippen molar-refractivity contribution in [2.24, 2.45) is 0 Å². The highest BCUT2D eigenvalue weighted by Crippen LogP contribution is 2.34. The van der Waals surface area contributed by atoms with Crippen molar-refractivity contribution >= 4 is 27.5 Å². The van der Waals surface area contributed by atoms with Gasteiger partial charge in [0.05, 0.1) is 4.88 Å². The van der Waals surface area contributed by atoms with E-state index in [2.05, 4.69) is 9.97 Å². The average molecular weight is 383 g/mol. The molecule has 2 aromatic heterocycles. The van der Waals surface area contributed by atoms with E-state index in [4.69, 9.17) is 9.47 Å². The Balaban J connectivity index is 1.62. The summed E-state index contributed by atoms with van der Waals surface area (Å²) in [4.78, 5) is 25.6. The Morgan fingerprint density at radius 1 is 1.22 bits per heavy atom. The lowest BCUT2D eigenvalue weighted by molar-refractivity contribution is 0.0789. The van der Waals surface area contributed by atoms with Gasteiger partial charge in [-0.1, -0.05) is 13.0 Å². The molecule has 1 amide bonds. The number of amides is 1. The van der Waals surface area contributed by atoms with E-state index in [1.165, 1.54) is 11.3 Å². The van der Waals surface area contributed by atoms with Crippen LogP contribution >= 0.6 is 11.3 Å². The number of benzene rings is 1. The first-order valence-corrected chi connectivity index (χ1v) is 9.70. The van der Waals surface area contributed by atoms with Gasteiger partial charge in [0, 0.05) is 31.1 Å². The number of hydrogen-bond donors (Lipinski definition) is 0. The Bertz CT molecular complexity index is 1040. The second-order valence-electron chi connectivity index (χ2n) is 6.66. The monoisotopic (exact) mass is 383 g/mol. The van der Waals surface area contributed by atoms with Crippen LogP contribution in [-0.2, 0) is 13.0 Å². The first kappa shape index (κ1) is 17.7. The number of aryl methyl sites for hydroxylation is 3. The Hall–Kier alpha value is -2.67. The minimum atomic E-state index is -0.00869. The number of nitrogens with zero attached hydrogens (tertiary/aromatic N) is 3. The molecule has 0 atom stereocenters. The predicted molar refractivity (Wildman–Crippen MR) is 105 cm³/mol. The van der Waals surface area contributed by atoms with E-state index in [0.717, 1.165) is 55.7 Å². The maximum absolute atomic E-state index is 13.1. The minimum Gasteiger partial charge on any atom is -0.454 e. The third kappa shape index (κ3) is 3.12. The van der Waals surface area contributed by atoms with Gasteiger partial charge in [-0.2, -0.15) is 0 Å². The molecule has 0 radical (unpaired) electrons. The predicted octanol–water partition coefficient (Wildman–Crippen LogP) is 3.87. The Labute approximate surface area is 161 Å². The van der Waals surface area contributed by atoms with Gasteiger partial charge in [0.1, 0.15) is 10.7 Å². The summed E-state index contributed by atoms with van der Waals surface area (Å²) >= 11 is 1.45. The summed E-state index contributed by atoms with van der Waals surface area (Å²) in [6.45, 7) is 6.73. The molecule has 0 unspecified atom stereocenters. The van der Waals surface area contributed by atoms with Crippen molar-refractivity contribution in [1.29, 1.82) is 0 Å². The van der Waals surface area contributed by atoms with E-state index in [1.54, 1.807) is 4.90 Å². The first-order chi connectivity index (χ1) is 13.0. The molecule has 0 saturated heterocycles. The van der Waals surface area contributed by atoms with Crippen LogP contribution in [-0.4, -0.2) is 34.6 Å². The van der Waals surface area contributed by atoms with Crippen molar-refractivity contribution in [1.82, 2.24) is 14.9 Å². The van der Waals surface area contributed by atoms with E-state index in [0.29, 0.717) is 6.54 Å². The molecule has 0 bridgehead atoms. The van der Waals surface area contributed by atoms with Gasteiger partial charge in [-0.3, -0.25) is 4.79 Å². The number of thiophene rings is 1. The third-order valence-electron chi connectivity index (χ3n) is 4.73. The molecule has 7 heteroatoms. The summed E-state index contributed by atoms with van der Waals surface area (Å²) in [5.41, 5.74) is 2.89. The van der Waals surface area contributed by atoms with Gasteiger partial charge in [0.25, 0.3) is 5.91 Å². The van der Waals surface area contributed by atoms with Crippen LogP contribution in [0.1, 0.15) is 39.2 Å². The highest BCUT2D eigenvalue weighted by molar-refractivity contribution is 7.20. The SMILES string of the molecule is CCc1nc(C)c2c(C)c(C(=O)N(C)Cc3ccc4c(c3)OCO4)sc2n1. The van der Waals surface area contributed by atoms with Crippen molar-refractivity contribution < 1.29 is 14.3 Å². The second-order valence-corrected chi connectivity index (χ2v) is 7.66. The van der Waals surface area contributed by atoms with Crippen LogP contribution in [0.15, 0.2) is 18.2 Å². The maximum atomic E-state index is 13.1. The van der Waals surface area contributed by atoms with Crippen LogP contribution < -0.4 is 9.47 Å². The molecule has 4 rings (SSSR count). The van der Waals surface area contributed by atoms with Crippen molar-refractivity contribution in [2.45, 2.75) is 33.7 Å². The van der Waals surface area contributed by atoms with Crippen LogP contribution in [0.5, 0.6) is 11.5 Å². The minimum absolute atomic E-state index is 0.00869. The Kier molecular flexibility index (Phi) is 4.47. The molecule has 1 aliphatic heterocycles. The van der Waals surface area contributed by atoms with Crippen LogP contribution in [0.4, 0.5) is 0 Å². The summed E-state index contributed by atoms with van der Waals surface area (Å²) in [6, 6.07) is 5.76. The van der Waals surface area contributed by atoms with Gasteiger partial charge in [-0.15, -0.1) is 11.3 Å². The molecule has 3 aromatic rings. The molecule has 3 heterocycles. The topological polar surface area (TPSA) is 64.6 Å². The molecule has 6 nitrogen and oxygen atoms in total. The summed E-state index contributed by atoms with van der Waals surface area (Å²) in [6.07, 6.45) is 0.779. The molecule has 0 N–H and O–H groups in total. The molecule has 0 spiro atoms. The van der Waals surface area contributed by atoms with E-state index in [9.17, 15) is 4.79 Å². The second kappa shape index (κ2) is 6.81.